The van der Waals surface area contributed by atoms with Crippen LogP contribution in [0.5, 0.6) is 0 Å². The summed E-state index contributed by atoms with van der Waals surface area (Å²) in [7, 11) is -1.20. The molecule has 0 aromatic heterocycles. The molecule has 8 heteroatoms. The summed E-state index contributed by atoms with van der Waals surface area (Å²) in [5.41, 5.74) is 3.51. The number of nitrogens with one attached hydrogen (secondary N) is 1. The third-order valence-electron chi connectivity index (χ3n) is 3.26. The zero-order valence-electron chi connectivity index (χ0n) is 13.3. The van der Waals surface area contributed by atoms with E-state index in [9.17, 15) is 13.2 Å². The molecule has 0 aliphatic rings. The van der Waals surface area contributed by atoms with Crippen molar-refractivity contribution in [1.29, 1.82) is 0 Å². The van der Waals surface area contributed by atoms with Gasteiger partial charge in [0.2, 0.25) is 0 Å². The monoisotopic (exact) mass is 350 g/mol. The summed E-state index contributed by atoms with van der Waals surface area (Å²) in [6.45, 7) is 0.234. The second kappa shape index (κ2) is 8.02. The number of hydroxylamine groups is 2. The second-order valence-electron chi connectivity index (χ2n) is 4.83. The van der Waals surface area contributed by atoms with Crippen LogP contribution in [-0.4, -0.2) is 33.0 Å². The first kappa shape index (κ1) is 18.1. The molecular formula is C16H18N2O5S. The maximum Gasteiger partial charge on any atom is 0.274 e. The van der Waals surface area contributed by atoms with Crippen molar-refractivity contribution in [2.45, 2.75) is 11.5 Å². The van der Waals surface area contributed by atoms with Crippen molar-refractivity contribution < 1.29 is 22.9 Å². The van der Waals surface area contributed by atoms with Gasteiger partial charge in [0.05, 0.1) is 18.6 Å². The lowest BCUT2D eigenvalue weighted by Gasteiger charge is -2.14. The van der Waals surface area contributed by atoms with Crippen LogP contribution in [0.15, 0.2) is 59.5 Å². The van der Waals surface area contributed by atoms with Crippen LogP contribution in [0.3, 0.4) is 0 Å². The Morgan fingerprint density at radius 2 is 1.71 bits per heavy atom. The van der Waals surface area contributed by atoms with Crippen LogP contribution in [0.25, 0.3) is 0 Å². The normalized spacial score (nSPS) is 11.5. The van der Waals surface area contributed by atoms with Gasteiger partial charge in [-0.25, -0.2) is 13.9 Å². The van der Waals surface area contributed by atoms with Crippen LogP contribution in [0.2, 0.25) is 0 Å². The Morgan fingerprint density at radius 1 is 1.08 bits per heavy atom. The predicted molar refractivity (Wildman–Crippen MR) is 87.1 cm³/mol. The molecule has 0 aliphatic carbocycles. The molecule has 2 aromatic carbocycles. The van der Waals surface area contributed by atoms with Gasteiger partial charge >= 0.3 is 0 Å². The Morgan fingerprint density at radius 3 is 2.29 bits per heavy atom. The van der Waals surface area contributed by atoms with Gasteiger partial charge in [0.25, 0.3) is 15.9 Å². The molecule has 0 saturated carbocycles. The van der Waals surface area contributed by atoms with E-state index in [0.29, 0.717) is 0 Å². The highest BCUT2D eigenvalue weighted by molar-refractivity contribution is 7.89. The topological polar surface area (TPSA) is 84.9 Å². The van der Waals surface area contributed by atoms with Crippen molar-refractivity contribution >= 4 is 15.9 Å². The molecule has 0 saturated heterocycles. The molecule has 0 heterocycles. The first-order valence-corrected chi connectivity index (χ1v) is 8.48. The standard InChI is InChI=1S/C16H18N2O5S/c1-18(22-2)24(20,21)15-10-8-14(9-11-15)16(19)17-23-12-13-6-4-3-5-7-13/h3-11H,12H2,1-2H3,(H,17,19). The molecule has 24 heavy (non-hydrogen) atoms. The van der Waals surface area contributed by atoms with Gasteiger partial charge in [-0.2, -0.15) is 0 Å². The van der Waals surface area contributed by atoms with E-state index >= 15 is 0 Å². The highest BCUT2D eigenvalue weighted by atomic mass is 32.2. The Labute approximate surface area is 140 Å². The van der Waals surface area contributed by atoms with Crippen LogP contribution in [0.1, 0.15) is 15.9 Å². The van der Waals surface area contributed by atoms with E-state index in [4.69, 9.17) is 4.84 Å². The second-order valence-corrected chi connectivity index (χ2v) is 6.76. The highest BCUT2D eigenvalue weighted by Crippen LogP contribution is 2.15. The lowest BCUT2D eigenvalue weighted by Crippen LogP contribution is -2.26. The number of amides is 1. The van der Waals surface area contributed by atoms with Crippen LogP contribution in [0.4, 0.5) is 0 Å². The maximum atomic E-state index is 12.0. The van der Waals surface area contributed by atoms with E-state index in [1.54, 1.807) is 0 Å². The van der Waals surface area contributed by atoms with Crippen LogP contribution >= 0.6 is 0 Å². The van der Waals surface area contributed by atoms with E-state index in [2.05, 4.69) is 10.3 Å². The molecule has 0 unspecified atom stereocenters. The van der Waals surface area contributed by atoms with Crippen molar-refractivity contribution in [3.8, 4) is 0 Å². The molecule has 1 amide bonds. The average Bonchev–Trinajstić information content (AvgIpc) is 2.61. The molecule has 2 aromatic rings. The van der Waals surface area contributed by atoms with Gasteiger partial charge in [-0.1, -0.05) is 34.8 Å². The maximum absolute atomic E-state index is 12.0. The summed E-state index contributed by atoms with van der Waals surface area (Å²) in [5.74, 6) is -0.463. The van der Waals surface area contributed by atoms with Gasteiger partial charge in [0, 0.05) is 12.6 Å². The lowest BCUT2D eigenvalue weighted by molar-refractivity contribution is -0.0258. The van der Waals surface area contributed by atoms with E-state index in [1.165, 1.54) is 38.4 Å². The molecule has 1 N–H and O–H groups in total. The number of hydrogen-bond acceptors (Lipinski definition) is 5. The zero-order chi connectivity index (χ0) is 17.6. The Bertz CT molecular complexity index is 776. The molecule has 0 spiro atoms. The van der Waals surface area contributed by atoms with E-state index in [0.717, 1.165) is 10.0 Å². The minimum absolute atomic E-state index is 0.0219. The summed E-state index contributed by atoms with van der Waals surface area (Å²) in [4.78, 5) is 21.8. The largest absolute Gasteiger partial charge is 0.288 e. The highest BCUT2D eigenvalue weighted by Gasteiger charge is 2.20. The van der Waals surface area contributed by atoms with Gasteiger partial charge in [0.15, 0.2) is 0 Å². The molecule has 128 valence electrons. The summed E-state index contributed by atoms with van der Waals surface area (Å²) >= 11 is 0. The van der Waals surface area contributed by atoms with E-state index in [1.807, 2.05) is 30.3 Å². The number of carbonyl (C=O) groups excluding carboxylic acids is 1. The number of rotatable bonds is 7. The molecular weight excluding hydrogens is 332 g/mol. The minimum Gasteiger partial charge on any atom is -0.288 e. The van der Waals surface area contributed by atoms with Gasteiger partial charge in [-0.15, -0.1) is 0 Å². The van der Waals surface area contributed by atoms with Crippen molar-refractivity contribution in [1.82, 2.24) is 9.95 Å². The number of sulfonamides is 1. The molecule has 0 fully saturated rings. The molecule has 0 bridgehead atoms. The number of carbonyl (C=O) groups is 1. The summed E-state index contributed by atoms with van der Waals surface area (Å²) in [6.07, 6.45) is 0. The third-order valence-corrected chi connectivity index (χ3v) is 4.95. The number of benzene rings is 2. The van der Waals surface area contributed by atoms with Crippen molar-refractivity contribution in [3.63, 3.8) is 0 Å². The van der Waals surface area contributed by atoms with Crippen LogP contribution < -0.4 is 5.48 Å². The van der Waals surface area contributed by atoms with Gasteiger partial charge in [-0.3, -0.25) is 14.5 Å². The predicted octanol–water partition coefficient (Wildman–Crippen LogP) is 1.73. The quantitative estimate of drug-likeness (QED) is 0.769. The lowest BCUT2D eigenvalue weighted by atomic mass is 10.2. The van der Waals surface area contributed by atoms with Crippen molar-refractivity contribution in [2.75, 3.05) is 14.2 Å². The van der Waals surface area contributed by atoms with Crippen LogP contribution in [-0.2, 0) is 26.3 Å². The number of hydrogen-bond donors (Lipinski definition) is 1. The minimum atomic E-state index is -3.74. The molecule has 0 radical (unpaired) electrons. The van der Waals surface area contributed by atoms with Gasteiger partial charge < -0.3 is 0 Å². The summed E-state index contributed by atoms with van der Waals surface area (Å²) in [6, 6.07) is 14.8. The van der Waals surface area contributed by atoms with Crippen molar-refractivity contribution in [3.05, 3.63) is 65.7 Å². The zero-order valence-corrected chi connectivity index (χ0v) is 14.1. The number of nitrogens with zero attached hydrogens (tertiary/aromatic N) is 1. The Balaban J connectivity index is 1.96. The molecule has 0 atom stereocenters. The van der Waals surface area contributed by atoms with E-state index < -0.39 is 15.9 Å². The fourth-order valence-corrected chi connectivity index (χ4v) is 2.82. The first-order chi connectivity index (χ1) is 11.4. The smallest absolute Gasteiger partial charge is 0.274 e. The molecule has 2 rings (SSSR count). The average molecular weight is 350 g/mol. The molecule has 0 aliphatic heterocycles. The van der Waals surface area contributed by atoms with Crippen LogP contribution in [0, 0.1) is 0 Å². The SMILES string of the molecule is CON(C)S(=O)(=O)c1ccc(C(=O)NOCc2ccccc2)cc1. The Hall–Kier alpha value is -2.26. The first-order valence-electron chi connectivity index (χ1n) is 7.04. The molecule has 7 nitrogen and oxygen atoms in total. The summed E-state index contributed by atoms with van der Waals surface area (Å²) in [5, 5.41) is 0. The van der Waals surface area contributed by atoms with E-state index in [-0.39, 0.29) is 17.1 Å². The van der Waals surface area contributed by atoms with Crippen molar-refractivity contribution in [2.24, 2.45) is 0 Å². The van der Waals surface area contributed by atoms with Gasteiger partial charge in [0.1, 0.15) is 0 Å². The fourth-order valence-electron chi connectivity index (χ4n) is 1.84. The Kier molecular flexibility index (Phi) is 6.04. The summed E-state index contributed by atoms with van der Waals surface area (Å²) < 4.78 is 24.8. The van der Waals surface area contributed by atoms with Gasteiger partial charge in [-0.05, 0) is 29.8 Å². The third kappa shape index (κ3) is 4.39. The fraction of sp³-hybridized carbons (Fsp3) is 0.188.